The van der Waals surface area contributed by atoms with Gasteiger partial charge in [-0.15, -0.1) is 0 Å². The normalized spacial score (nSPS) is 23.2. The number of nitrogens with one attached hydrogen (secondary N) is 1. The molecule has 2 aliphatic rings. The van der Waals surface area contributed by atoms with Crippen molar-refractivity contribution >= 4 is 23.9 Å². The summed E-state index contributed by atoms with van der Waals surface area (Å²) in [6.07, 6.45) is 2.13. The largest absolute Gasteiger partial charge is 0.483 e. The van der Waals surface area contributed by atoms with Gasteiger partial charge in [0.25, 0.3) is 5.91 Å². The molecule has 0 bridgehead atoms. The van der Waals surface area contributed by atoms with Crippen molar-refractivity contribution in [3.63, 3.8) is 0 Å². The van der Waals surface area contributed by atoms with Crippen LogP contribution in [0.1, 0.15) is 18.9 Å². The van der Waals surface area contributed by atoms with E-state index in [1.165, 1.54) is 18.2 Å². The maximum Gasteiger partial charge on any atom is 0.260 e. The Kier molecular flexibility index (Phi) is 3.41. The SMILES string of the molecule is C=CC1=C(N=C)/C(=C2\C(=O)Nc3ccc(F)cc32)OC1CC. The van der Waals surface area contributed by atoms with Crippen molar-refractivity contribution < 1.29 is 13.9 Å². The van der Waals surface area contributed by atoms with Gasteiger partial charge in [0.2, 0.25) is 0 Å². The van der Waals surface area contributed by atoms with Crippen molar-refractivity contribution in [2.75, 3.05) is 5.32 Å². The minimum absolute atomic E-state index is 0.231. The van der Waals surface area contributed by atoms with Crippen LogP contribution in [0.4, 0.5) is 10.1 Å². The Labute approximate surface area is 127 Å². The maximum atomic E-state index is 13.5. The predicted molar refractivity (Wildman–Crippen MR) is 83.9 cm³/mol. The Hall–Kier alpha value is -2.69. The topological polar surface area (TPSA) is 50.7 Å². The third kappa shape index (κ3) is 1.97. The summed E-state index contributed by atoms with van der Waals surface area (Å²) < 4.78 is 19.4. The van der Waals surface area contributed by atoms with Crippen LogP contribution >= 0.6 is 0 Å². The van der Waals surface area contributed by atoms with Crippen molar-refractivity contribution in [2.45, 2.75) is 19.4 Å². The van der Waals surface area contributed by atoms with E-state index in [4.69, 9.17) is 4.74 Å². The number of ether oxygens (including phenoxy) is 1. The minimum Gasteiger partial charge on any atom is -0.483 e. The monoisotopic (exact) mass is 298 g/mol. The van der Waals surface area contributed by atoms with Crippen LogP contribution in [0.5, 0.6) is 0 Å². The number of carbonyl (C=O) groups excluding carboxylic acids is 1. The molecule has 0 spiro atoms. The number of hydrogen-bond donors (Lipinski definition) is 1. The Morgan fingerprint density at radius 1 is 1.50 bits per heavy atom. The zero-order valence-electron chi connectivity index (χ0n) is 12.1. The number of hydrogen-bond acceptors (Lipinski definition) is 3. The molecular formula is C17H15FN2O2. The average molecular weight is 298 g/mol. The number of anilines is 1. The molecule has 0 aliphatic carbocycles. The van der Waals surface area contributed by atoms with Gasteiger partial charge in [0.05, 0.1) is 5.57 Å². The van der Waals surface area contributed by atoms with E-state index in [0.29, 0.717) is 29.1 Å². The summed E-state index contributed by atoms with van der Waals surface area (Å²) in [5.74, 6) is -0.421. The quantitative estimate of drug-likeness (QED) is 0.686. The summed E-state index contributed by atoms with van der Waals surface area (Å²) in [4.78, 5) is 16.3. The minimum atomic E-state index is -0.417. The molecule has 1 aromatic rings. The third-order valence-corrected chi connectivity index (χ3v) is 3.80. The molecule has 22 heavy (non-hydrogen) atoms. The Morgan fingerprint density at radius 3 is 2.91 bits per heavy atom. The lowest BCUT2D eigenvalue weighted by Crippen LogP contribution is -2.09. The predicted octanol–water partition coefficient (Wildman–Crippen LogP) is 3.44. The first-order valence-corrected chi connectivity index (χ1v) is 6.96. The molecule has 112 valence electrons. The molecule has 2 aliphatic heterocycles. The lowest BCUT2D eigenvalue weighted by atomic mass is 10.0. The summed E-state index contributed by atoms with van der Waals surface area (Å²) in [5, 5.41) is 2.71. The molecule has 1 atom stereocenters. The van der Waals surface area contributed by atoms with Crippen LogP contribution in [0.15, 0.2) is 52.9 Å². The van der Waals surface area contributed by atoms with Crippen LogP contribution in [-0.4, -0.2) is 18.7 Å². The molecule has 1 unspecified atom stereocenters. The van der Waals surface area contributed by atoms with Gasteiger partial charge < -0.3 is 10.1 Å². The highest BCUT2D eigenvalue weighted by atomic mass is 19.1. The smallest absolute Gasteiger partial charge is 0.260 e. The lowest BCUT2D eigenvalue weighted by molar-refractivity contribution is -0.111. The van der Waals surface area contributed by atoms with Gasteiger partial charge in [0.1, 0.15) is 17.6 Å². The van der Waals surface area contributed by atoms with E-state index in [-0.39, 0.29) is 17.6 Å². The van der Waals surface area contributed by atoms with Crippen LogP contribution in [0, 0.1) is 5.82 Å². The molecule has 3 rings (SSSR count). The van der Waals surface area contributed by atoms with Crippen molar-refractivity contribution in [3.8, 4) is 0 Å². The molecule has 1 N–H and O–H groups in total. The maximum absolute atomic E-state index is 13.5. The summed E-state index contributed by atoms with van der Waals surface area (Å²) >= 11 is 0. The Bertz CT molecular complexity index is 762. The van der Waals surface area contributed by atoms with Gasteiger partial charge in [0, 0.05) is 16.8 Å². The number of benzene rings is 1. The molecule has 2 heterocycles. The first-order valence-electron chi connectivity index (χ1n) is 6.96. The zero-order chi connectivity index (χ0) is 15.9. The van der Waals surface area contributed by atoms with E-state index in [1.807, 2.05) is 6.92 Å². The van der Waals surface area contributed by atoms with Gasteiger partial charge in [-0.1, -0.05) is 19.6 Å². The van der Waals surface area contributed by atoms with Gasteiger partial charge >= 0.3 is 0 Å². The number of fused-ring (bicyclic) bond motifs is 1. The van der Waals surface area contributed by atoms with E-state index in [1.54, 1.807) is 6.08 Å². The van der Waals surface area contributed by atoms with Gasteiger partial charge in [-0.25, -0.2) is 4.39 Å². The summed E-state index contributed by atoms with van der Waals surface area (Å²) in [5.41, 5.74) is 2.59. The van der Waals surface area contributed by atoms with E-state index in [2.05, 4.69) is 23.6 Å². The van der Waals surface area contributed by atoms with Crippen LogP contribution in [0.2, 0.25) is 0 Å². The van der Waals surface area contributed by atoms with Gasteiger partial charge in [-0.3, -0.25) is 9.79 Å². The molecule has 5 heteroatoms. The molecule has 1 aromatic carbocycles. The van der Waals surface area contributed by atoms with Gasteiger partial charge in [0.15, 0.2) is 5.76 Å². The van der Waals surface area contributed by atoms with E-state index < -0.39 is 5.82 Å². The van der Waals surface area contributed by atoms with Crippen molar-refractivity contribution in [1.29, 1.82) is 0 Å². The number of carbonyl (C=O) groups is 1. The van der Waals surface area contributed by atoms with Crippen LogP contribution < -0.4 is 5.32 Å². The highest BCUT2D eigenvalue weighted by molar-refractivity contribution is 6.32. The lowest BCUT2D eigenvalue weighted by Gasteiger charge is -2.11. The van der Waals surface area contributed by atoms with E-state index >= 15 is 0 Å². The second-order valence-corrected chi connectivity index (χ2v) is 5.03. The molecule has 0 saturated heterocycles. The number of nitrogens with zero attached hydrogens (tertiary/aromatic N) is 1. The fourth-order valence-electron chi connectivity index (χ4n) is 2.78. The summed E-state index contributed by atoms with van der Waals surface area (Å²) in [7, 11) is 0. The highest BCUT2D eigenvalue weighted by Gasteiger charge is 2.36. The number of amides is 1. The molecular weight excluding hydrogens is 283 g/mol. The third-order valence-electron chi connectivity index (χ3n) is 3.80. The average Bonchev–Trinajstić information content (AvgIpc) is 3.02. The Morgan fingerprint density at radius 2 is 2.27 bits per heavy atom. The van der Waals surface area contributed by atoms with Gasteiger partial charge in [-0.05, 0) is 31.3 Å². The van der Waals surface area contributed by atoms with Crippen LogP contribution in [0.25, 0.3) is 5.57 Å². The zero-order valence-corrected chi connectivity index (χ0v) is 12.1. The molecule has 4 nitrogen and oxygen atoms in total. The van der Waals surface area contributed by atoms with Crippen molar-refractivity contribution in [1.82, 2.24) is 0 Å². The Balaban J connectivity index is 2.25. The summed E-state index contributed by atoms with van der Waals surface area (Å²) in [6, 6.07) is 4.14. The van der Waals surface area contributed by atoms with E-state index in [0.717, 1.165) is 5.57 Å². The highest BCUT2D eigenvalue weighted by Crippen LogP contribution is 2.42. The van der Waals surface area contributed by atoms with Crippen LogP contribution in [-0.2, 0) is 9.53 Å². The molecule has 0 fully saturated rings. The standard InChI is InChI=1S/C17H15FN2O2/c1-4-10-13(5-2)22-16(15(10)19-3)14-11-8-9(18)6-7-12(11)20-17(14)21/h4,6-8,13H,1,3,5H2,2H3,(H,20,21)/b16-14+. The van der Waals surface area contributed by atoms with Crippen molar-refractivity contribution in [3.05, 3.63) is 59.3 Å². The second kappa shape index (κ2) is 5.26. The summed E-state index contributed by atoms with van der Waals surface area (Å²) in [6.45, 7) is 9.29. The molecule has 1 amide bonds. The van der Waals surface area contributed by atoms with Crippen molar-refractivity contribution in [2.24, 2.45) is 4.99 Å². The fourth-order valence-corrected chi connectivity index (χ4v) is 2.78. The first kappa shape index (κ1) is 14.3. The number of rotatable bonds is 3. The molecule has 0 saturated carbocycles. The fraction of sp³-hybridized carbons (Fsp3) is 0.176. The number of halogens is 1. The van der Waals surface area contributed by atoms with Gasteiger partial charge in [-0.2, -0.15) is 0 Å². The second-order valence-electron chi connectivity index (χ2n) is 5.03. The molecule has 0 radical (unpaired) electrons. The first-order chi connectivity index (χ1) is 10.6. The number of aliphatic imine (C=N–C) groups is 1. The van der Waals surface area contributed by atoms with E-state index in [9.17, 15) is 9.18 Å². The van der Waals surface area contributed by atoms with Crippen LogP contribution in [0.3, 0.4) is 0 Å². The molecule has 0 aromatic heterocycles.